The summed E-state index contributed by atoms with van der Waals surface area (Å²) in [7, 11) is 1.50. The topological polar surface area (TPSA) is 247 Å². The number of aromatic nitrogens is 3. The zero-order valence-corrected chi connectivity index (χ0v) is 43.4. The number of nitrogens with one attached hydrogen (secondary N) is 4. The van der Waals surface area contributed by atoms with Crippen LogP contribution in [-0.4, -0.2) is 107 Å². The Morgan fingerprint density at radius 2 is 1.78 bits per heavy atom. The van der Waals surface area contributed by atoms with Crippen molar-refractivity contribution in [2.75, 3.05) is 20.2 Å². The summed E-state index contributed by atoms with van der Waals surface area (Å²) in [5, 5.41) is 20.2. The molecule has 3 heterocycles. The molecular weight excluding hydrogens is 944 g/mol. The number of hydrogen-bond donors (Lipinski definition) is 5. The second kappa shape index (κ2) is 27.2. The molecule has 2 aromatic carbocycles. The van der Waals surface area contributed by atoms with Gasteiger partial charge in [-0.05, 0) is 100 Å². The van der Waals surface area contributed by atoms with Gasteiger partial charge in [-0.15, -0.1) is 11.7 Å². The first-order valence-electron chi connectivity index (χ1n) is 24.8. The van der Waals surface area contributed by atoms with Crippen LogP contribution in [0.2, 0.25) is 5.02 Å². The maximum absolute atomic E-state index is 13.9. The smallest absolute Gasteiger partial charge is 0.347 e. The zero-order chi connectivity index (χ0) is 52.5. The van der Waals surface area contributed by atoms with Crippen LogP contribution in [0.4, 0.5) is 0 Å². The second-order valence-electron chi connectivity index (χ2n) is 19.8. The summed E-state index contributed by atoms with van der Waals surface area (Å²) in [5.74, 6) is -3.11. The minimum absolute atomic E-state index is 0.0317. The molecule has 1 aromatic heterocycles. The van der Waals surface area contributed by atoms with Gasteiger partial charge in [0, 0.05) is 44.0 Å². The minimum atomic E-state index is -1.25. The fraction of sp³-hybridized carbons (Fsp3) is 0.547. The Kier molecular flexibility index (Phi) is 21.5. The van der Waals surface area contributed by atoms with Crippen LogP contribution in [0.3, 0.4) is 0 Å². The van der Waals surface area contributed by atoms with Crippen molar-refractivity contribution in [3.63, 3.8) is 0 Å². The van der Waals surface area contributed by atoms with Crippen LogP contribution in [-0.2, 0) is 62.4 Å². The largest absolute Gasteiger partial charge is 0.495 e. The molecular formula is C53H73ClN8O10. The number of methoxy groups -OCH3 is 1. The van der Waals surface area contributed by atoms with Gasteiger partial charge in [-0.2, -0.15) is 0 Å². The molecule has 2 aliphatic rings. The maximum Gasteiger partial charge on any atom is 0.347 e. The molecule has 0 bridgehead atoms. The number of imide groups is 1. The van der Waals surface area contributed by atoms with Gasteiger partial charge in [0.15, 0.2) is 6.10 Å². The number of carbonyl (C=O) groups is 6. The fourth-order valence-corrected chi connectivity index (χ4v) is 8.52. The summed E-state index contributed by atoms with van der Waals surface area (Å²) in [5.41, 5.74) is 7.65. The number of unbranched alkanes of at least 4 members (excludes halogenated alkanes) is 1. The van der Waals surface area contributed by atoms with Gasteiger partial charge in [0.05, 0.1) is 41.9 Å². The monoisotopic (exact) mass is 1020 g/mol. The number of amides is 4. The van der Waals surface area contributed by atoms with E-state index in [1.807, 2.05) is 58.2 Å². The van der Waals surface area contributed by atoms with Crippen LogP contribution < -0.4 is 31.7 Å². The number of nitrogens with zero attached hydrogens (tertiary/aromatic N) is 3. The standard InChI is InChI=1S/C53H73ClN8O10/c1-9-33(4)57-40(15-10-11-25-55)50(66)59-46(64)17-12-14-38-30-62(61-60-38)29-35-19-22-37(23-20-35)48-47(72-48)34(5)42-16-13-18-45(63)58-41(28-36-21-24-43(69-8)39(54)27-36)49(65)56-31-53(6,7)52(68)71-44(26-32(2)3)51(67)70-42/h9,13,18-24,27,30,32-34,40-42,44,47-48,57H,1,10-12,14-17,25-26,28-29,31,55H2,2-8H3,(H,56,65)(H,58,63)(H,59,64,66)/b18-13+/t33?,34-,40-,41+,42-,44-,47+,48+/m0/s1. The van der Waals surface area contributed by atoms with Crippen LogP contribution in [0.5, 0.6) is 5.75 Å². The van der Waals surface area contributed by atoms with Crippen molar-refractivity contribution in [2.24, 2.45) is 23.0 Å². The second-order valence-corrected chi connectivity index (χ2v) is 20.2. The predicted octanol–water partition coefficient (Wildman–Crippen LogP) is 5.39. The van der Waals surface area contributed by atoms with E-state index in [0.717, 1.165) is 29.7 Å². The highest BCUT2D eigenvalue weighted by molar-refractivity contribution is 6.32. The third-order valence-corrected chi connectivity index (χ3v) is 13.0. The number of nitrogens with two attached hydrogens (primary N) is 1. The lowest BCUT2D eigenvalue weighted by Crippen LogP contribution is -2.51. The molecule has 5 rings (SSSR count). The Bertz CT molecular complexity index is 2370. The highest BCUT2D eigenvalue weighted by Crippen LogP contribution is 2.45. The number of rotatable bonds is 22. The molecule has 0 radical (unpaired) electrons. The lowest BCUT2D eigenvalue weighted by Gasteiger charge is -2.29. The Balaban J connectivity index is 1.21. The van der Waals surface area contributed by atoms with Gasteiger partial charge in [-0.3, -0.25) is 34.6 Å². The minimum Gasteiger partial charge on any atom is -0.495 e. The summed E-state index contributed by atoms with van der Waals surface area (Å²) in [6, 6.07) is 11.3. The molecule has 8 atom stereocenters. The van der Waals surface area contributed by atoms with Crippen molar-refractivity contribution in [1.29, 1.82) is 0 Å². The van der Waals surface area contributed by atoms with Gasteiger partial charge in [0.25, 0.3) is 0 Å². The first kappa shape index (κ1) is 57.0. The van der Waals surface area contributed by atoms with E-state index in [1.54, 1.807) is 48.9 Å². The maximum atomic E-state index is 13.9. The summed E-state index contributed by atoms with van der Waals surface area (Å²) in [6.07, 6.45) is 7.51. The van der Waals surface area contributed by atoms with E-state index in [4.69, 9.17) is 36.3 Å². The van der Waals surface area contributed by atoms with Crippen LogP contribution in [0.15, 0.2) is 73.5 Å². The van der Waals surface area contributed by atoms with Gasteiger partial charge in [-0.1, -0.05) is 86.5 Å². The number of cyclic esters (lactones) is 2. The quantitative estimate of drug-likeness (QED) is 0.0367. The highest BCUT2D eigenvalue weighted by Gasteiger charge is 2.48. The number of epoxide rings is 1. The zero-order valence-electron chi connectivity index (χ0n) is 42.6. The van der Waals surface area contributed by atoms with Crippen LogP contribution in [0.25, 0.3) is 0 Å². The molecule has 72 heavy (non-hydrogen) atoms. The average molecular weight is 1020 g/mol. The Morgan fingerprint density at radius 1 is 1.04 bits per heavy atom. The normalized spacial score (nSPS) is 22.3. The van der Waals surface area contributed by atoms with Crippen molar-refractivity contribution in [3.8, 4) is 5.75 Å². The molecule has 392 valence electrons. The van der Waals surface area contributed by atoms with E-state index in [2.05, 4.69) is 38.2 Å². The van der Waals surface area contributed by atoms with E-state index < -0.39 is 53.5 Å². The van der Waals surface area contributed by atoms with Crippen molar-refractivity contribution < 1.29 is 47.7 Å². The van der Waals surface area contributed by atoms with Crippen molar-refractivity contribution in [3.05, 3.63) is 101 Å². The number of esters is 2. The number of hydrogen-bond acceptors (Lipinski definition) is 14. The predicted molar refractivity (Wildman–Crippen MR) is 271 cm³/mol. The lowest BCUT2D eigenvalue weighted by atomic mass is 9.92. The fourth-order valence-electron chi connectivity index (χ4n) is 8.24. The van der Waals surface area contributed by atoms with Crippen LogP contribution in [0, 0.1) is 17.3 Å². The molecule has 0 aliphatic carbocycles. The SMILES string of the molecule is C=CC(C)N[C@@H](CCCCN)C(=O)NC(=O)CCCc1cn(Cc2ccc([C@H]3O[C@@H]3[C@@H](C)[C@@H]3C/C=C/C(=O)N[C@H](Cc4ccc(OC)c(Cl)c4)C(=O)NCC(C)(C)C(=O)O[C@@H](CC(C)C)C(=O)O3)cc2)nn1. The summed E-state index contributed by atoms with van der Waals surface area (Å²) < 4.78 is 25.2. The van der Waals surface area contributed by atoms with Gasteiger partial charge in [0.1, 0.15) is 24.0 Å². The van der Waals surface area contributed by atoms with Gasteiger partial charge in [0.2, 0.25) is 23.6 Å². The summed E-state index contributed by atoms with van der Waals surface area (Å²) in [6.45, 7) is 15.5. The molecule has 1 saturated heterocycles. The molecule has 4 amide bonds. The van der Waals surface area contributed by atoms with Crippen molar-refractivity contribution in [2.45, 2.75) is 148 Å². The number of aryl methyl sites for hydroxylation is 1. The average Bonchev–Trinajstić information content (AvgIpc) is 4.02. The number of carbonyl (C=O) groups excluding carboxylic acids is 6. The Hall–Kier alpha value is -5.95. The van der Waals surface area contributed by atoms with Gasteiger partial charge >= 0.3 is 11.9 Å². The molecule has 19 heteroatoms. The van der Waals surface area contributed by atoms with Crippen LogP contribution >= 0.6 is 11.6 Å². The Labute approximate surface area is 427 Å². The Morgan fingerprint density at radius 3 is 2.46 bits per heavy atom. The molecule has 0 spiro atoms. The molecule has 0 saturated carbocycles. The third kappa shape index (κ3) is 17.4. The highest BCUT2D eigenvalue weighted by atomic mass is 35.5. The molecule has 1 fully saturated rings. The van der Waals surface area contributed by atoms with Crippen molar-refractivity contribution in [1.82, 2.24) is 36.3 Å². The molecule has 1 unspecified atom stereocenters. The van der Waals surface area contributed by atoms with E-state index in [-0.39, 0.29) is 74.1 Å². The van der Waals surface area contributed by atoms with Gasteiger partial charge < -0.3 is 35.3 Å². The molecule has 6 N–H and O–H groups in total. The van der Waals surface area contributed by atoms with Gasteiger partial charge in [-0.25, -0.2) is 9.48 Å². The molecule has 3 aromatic rings. The van der Waals surface area contributed by atoms with E-state index >= 15 is 0 Å². The van der Waals surface area contributed by atoms with E-state index in [1.165, 1.54) is 13.2 Å². The first-order valence-corrected chi connectivity index (χ1v) is 25.2. The molecule has 2 aliphatic heterocycles. The third-order valence-electron chi connectivity index (χ3n) is 12.7. The van der Waals surface area contributed by atoms with E-state index in [9.17, 15) is 28.8 Å². The lowest BCUT2D eigenvalue weighted by molar-refractivity contribution is -0.179. The van der Waals surface area contributed by atoms with E-state index in [0.29, 0.717) is 48.7 Å². The van der Waals surface area contributed by atoms with Crippen LogP contribution in [0.1, 0.15) is 115 Å². The van der Waals surface area contributed by atoms with Crippen molar-refractivity contribution >= 4 is 47.2 Å². The number of benzene rings is 2. The number of ether oxygens (including phenoxy) is 4. The summed E-state index contributed by atoms with van der Waals surface area (Å²) in [4.78, 5) is 80.2. The molecule has 18 nitrogen and oxygen atoms in total. The summed E-state index contributed by atoms with van der Waals surface area (Å²) >= 11 is 6.38. The number of halogens is 1. The first-order chi connectivity index (χ1) is 34.3.